The molecule has 0 unspecified atom stereocenters. The number of pyridine rings is 1. The van der Waals surface area contributed by atoms with Gasteiger partial charge in [0.1, 0.15) is 10.7 Å². The van der Waals surface area contributed by atoms with Crippen molar-refractivity contribution in [1.82, 2.24) is 15.3 Å². The molecule has 0 aliphatic carbocycles. The molecule has 1 N–H and O–H groups in total. The quantitative estimate of drug-likeness (QED) is 0.752. The lowest BCUT2D eigenvalue weighted by molar-refractivity contribution is 0.0934. The van der Waals surface area contributed by atoms with Crippen molar-refractivity contribution in [1.29, 1.82) is 0 Å². The number of benzene rings is 1. The second-order valence-corrected chi connectivity index (χ2v) is 7.32. The SMILES string of the molecule is O=C(NC1CN(c2ccncc2)C1)c1cnc(Cc2ccc(F)cc2)s1. The Kier molecular flexibility index (Phi) is 4.62. The van der Waals surface area contributed by atoms with E-state index >= 15 is 0 Å². The van der Waals surface area contributed by atoms with Gasteiger partial charge in [-0.15, -0.1) is 11.3 Å². The summed E-state index contributed by atoms with van der Waals surface area (Å²) in [6.45, 7) is 1.58. The van der Waals surface area contributed by atoms with E-state index in [1.807, 2.05) is 12.1 Å². The molecular weight excluding hydrogens is 351 g/mol. The third kappa shape index (κ3) is 3.72. The van der Waals surface area contributed by atoms with E-state index < -0.39 is 0 Å². The van der Waals surface area contributed by atoms with Crippen molar-refractivity contribution in [3.63, 3.8) is 0 Å². The maximum absolute atomic E-state index is 13.0. The summed E-state index contributed by atoms with van der Waals surface area (Å²) in [6.07, 6.45) is 5.73. The van der Waals surface area contributed by atoms with Crippen LogP contribution in [0.2, 0.25) is 0 Å². The van der Waals surface area contributed by atoms with Crippen LogP contribution in [-0.4, -0.2) is 35.0 Å². The van der Waals surface area contributed by atoms with Gasteiger partial charge in [-0.3, -0.25) is 9.78 Å². The number of carbonyl (C=O) groups is 1. The Morgan fingerprint density at radius 3 is 2.65 bits per heavy atom. The van der Waals surface area contributed by atoms with E-state index in [0.717, 1.165) is 29.3 Å². The van der Waals surface area contributed by atoms with E-state index in [9.17, 15) is 9.18 Å². The Morgan fingerprint density at radius 1 is 1.19 bits per heavy atom. The van der Waals surface area contributed by atoms with Gasteiger partial charge in [-0.1, -0.05) is 12.1 Å². The van der Waals surface area contributed by atoms with Crippen molar-refractivity contribution in [2.75, 3.05) is 18.0 Å². The summed E-state index contributed by atoms with van der Waals surface area (Å²) in [5.74, 6) is -0.346. The van der Waals surface area contributed by atoms with Crippen LogP contribution in [-0.2, 0) is 6.42 Å². The summed E-state index contributed by atoms with van der Waals surface area (Å²) in [5, 5.41) is 3.88. The molecule has 2 aromatic heterocycles. The van der Waals surface area contributed by atoms with E-state index in [1.54, 1.807) is 30.7 Å². The molecule has 1 amide bonds. The van der Waals surface area contributed by atoms with Crippen molar-refractivity contribution in [3.05, 3.63) is 76.3 Å². The highest BCUT2D eigenvalue weighted by Gasteiger charge is 2.28. The number of thiazole rings is 1. The van der Waals surface area contributed by atoms with Gasteiger partial charge >= 0.3 is 0 Å². The van der Waals surface area contributed by atoms with E-state index in [2.05, 4.69) is 20.2 Å². The van der Waals surface area contributed by atoms with Crippen LogP contribution in [0.5, 0.6) is 0 Å². The first-order valence-corrected chi connectivity index (χ1v) is 9.14. The fourth-order valence-corrected chi connectivity index (χ4v) is 3.72. The average Bonchev–Trinajstić information content (AvgIpc) is 3.09. The van der Waals surface area contributed by atoms with Crippen LogP contribution in [0.3, 0.4) is 0 Å². The van der Waals surface area contributed by atoms with Gasteiger partial charge in [-0.05, 0) is 29.8 Å². The number of hydrogen-bond donors (Lipinski definition) is 1. The van der Waals surface area contributed by atoms with Crippen LogP contribution >= 0.6 is 11.3 Å². The summed E-state index contributed by atoms with van der Waals surface area (Å²) >= 11 is 1.37. The van der Waals surface area contributed by atoms with Crippen LogP contribution in [0.15, 0.2) is 55.0 Å². The minimum Gasteiger partial charge on any atom is -0.367 e. The number of amides is 1. The molecule has 0 saturated carbocycles. The van der Waals surface area contributed by atoms with Crippen molar-refractivity contribution >= 4 is 22.9 Å². The maximum atomic E-state index is 13.0. The zero-order valence-electron chi connectivity index (χ0n) is 13.9. The molecule has 7 heteroatoms. The first-order valence-electron chi connectivity index (χ1n) is 8.32. The summed E-state index contributed by atoms with van der Waals surface area (Å²) in [7, 11) is 0. The molecule has 5 nitrogen and oxygen atoms in total. The minimum absolute atomic E-state index is 0.0905. The number of anilines is 1. The van der Waals surface area contributed by atoms with Gasteiger partial charge in [0.05, 0.1) is 17.2 Å². The van der Waals surface area contributed by atoms with Gasteiger partial charge in [-0.25, -0.2) is 9.37 Å². The smallest absolute Gasteiger partial charge is 0.263 e. The standard InChI is InChI=1S/C19H17FN4OS/c20-14-3-1-13(2-4-14)9-18-22-10-17(26-18)19(25)23-15-11-24(12-15)16-5-7-21-8-6-16/h1-8,10,15H,9,11-12H2,(H,23,25). The maximum Gasteiger partial charge on any atom is 0.263 e. The molecule has 1 aliphatic rings. The topological polar surface area (TPSA) is 58.1 Å². The van der Waals surface area contributed by atoms with Crippen LogP contribution in [0.1, 0.15) is 20.2 Å². The van der Waals surface area contributed by atoms with E-state index in [-0.39, 0.29) is 17.8 Å². The van der Waals surface area contributed by atoms with E-state index in [0.29, 0.717) is 11.3 Å². The summed E-state index contributed by atoms with van der Waals surface area (Å²) in [6, 6.07) is 10.4. The predicted octanol–water partition coefficient (Wildman–Crippen LogP) is 2.89. The second-order valence-electron chi connectivity index (χ2n) is 6.20. The van der Waals surface area contributed by atoms with Crippen molar-refractivity contribution < 1.29 is 9.18 Å². The number of nitrogens with zero attached hydrogens (tertiary/aromatic N) is 3. The average molecular weight is 368 g/mol. The lowest BCUT2D eigenvalue weighted by Crippen LogP contribution is -2.59. The third-order valence-corrected chi connectivity index (χ3v) is 5.29. The zero-order chi connectivity index (χ0) is 17.9. The van der Waals surface area contributed by atoms with Crippen LogP contribution in [0.25, 0.3) is 0 Å². The summed E-state index contributed by atoms with van der Waals surface area (Å²) in [4.78, 5) is 23.5. The van der Waals surface area contributed by atoms with Crippen LogP contribution < -0.4 is 10.2 Å². The lowest BCUT2D eigenvalue weighted by atomic mass is 10.1. The normalized spacial score (nSPS) is 14.1. The summed E-state index contributed by atoms with van der Waals surface area (Å²) in [5.41, 5.74) is 2.09. The Hall–Kier alpha value is -2.80. The molecule has 132 valence electrons. The highest BCUT2D eigenvalue weighted by molar-refractivity contribution is 7.13. The highest BCUT2D eigenvalue weighted by Crippen LogP contribution is 2.21. The van der Waals surface area contributed by atoms with Gasteiger partial charge in [0.25, 0.3) is 5.91 Å². The van der Waals surface area contributed by atoms with Gasteiger partial charge in [0.15, 0.2) is 0 Å². The van der Waals surface area contributed by atoms with Gasteiger partial charge in [0, 0.05) is 37.6 Å². The van der Waals surface area contributed by atoms with Gasteiger partial charge in [-0.2, -0.15) is 0 Å². The molecule has 1 aromatic carbocycles. The number of hydrogen-bond acceptors (Lipinski definition) is 5. The molecule has 0 atom stereocenters. The fourth-order valence-electron chi connectivity index (χ4n) is 2.87. The monoisotopic (exact) mass is 368 g/mol. The Bertz CT molecular complexity index is 891. The molecule has 1 fully saturated rings. The van der Waals surface area contributed by atoms with Crippen LogP contribution in [0.4, 0.5) is 10.1 Å². The van der Waals surface area contributed by atoms with Crippen LogP contribution in [0, 0.1) is 5.82 Å². The zero-order valence-corrected chi connectivity index (χ0v) is 14.7. The molecule has 3 aromatic rings. The number of aromatic nitrogens is 2. The molecule has 0 radical (unpaired) electrons. The largest absolute Gasteiger partial charge is 0.367 e. The molecule has 3 heterocycles. The molecule has 26 heavy (non-hydrogen) atoms. The first kappa shape index (κ1) is 16.7. The predicted molar refractivity (Wildman–Crippen MR) is 99.0 cm³/mol. The molecular formula is C19H17FN4OS. The van der Waals surface area contributed by atoms with Gasteiger partial charge in [0.2, 0.25) is 0 Å². The Labute approximate surface area is 154 Å². The van der Waals surface area contributed by atoms with Crippen molar-refractivity contribution in [2.24, 2.45) is 0 Å². The second kappa shape index (κ2) is 7.21. The molecule has 1 aliphatic heterocycles. The molecule has 0 bridgehead atoms. The number of carbonyl (C=O) groups excluding carboxylic acids is 1. The van der Waals surface area contributed by atoms with Gasteiger partial charge < -0.3 is 10.2 Å². The van der Waals surface area contributed by atoms with Crippen molar-refractivity contribution in [2.45, 2.75) is 12.5 Å². The van der Waals surface area contributed by atoms with E-state index in [4.69, 9.17) is 0 Å². The molecule has 4 rings (SSSR count). The van der Waals surface area contributed by atoms with E-state index in [1.165, 1.54) is 23.5 Å². The molecule has 0 spiro atoms. The highest BCUT2D eigenvalue weighted by atomic mass is 32.1. The minimum atomic E-state index is -0.255. The summed E-state index contributed by atoms with van der Waals surface area (Å²) < 4.78 is 13.0. The third-order valence-electron chi connectivity index (χ3n) is 4.29. The Morgan fingerprint density at radius 2 is 1.92 bits per heavy atom. The number of nitrogens with one attached hydrogen (secondary N) is 1. The fraction of sp³-hybridized carbons (Fsp3) is 0.211. The Balaban J connectivity index is 1.31. The number of halogens is 1. The first-order chi connectivity index (χ1) is 12.7. The number of rotatable bonds is 5. The molecule has 1 saturated heterocycles. The van der Waals surface area contributed by atoms with Crippen molar-refractivity contribution in [3.8, 4) is 0 Å². The lowest BCUT2D eigenvalue weighted by Gasteiger charge is -2.41.